The molecular weight excluding hydrogens is 246 g/mol. The number of rotatable bonds is 2. The molecular formula is C16H10F2O. The number of hydrogen-bond acceptors (Lipinski definition) is 1. The fourth-order valence-corrected chi connectivity index (χ4v) is 1.96. The van der Waals surface area contributed by atoms with Crippen molar-refractivity contribution in [3.8, 4) is 11.5 Å². The van der Waals surface area contributed by atoms with Gasteiger partial charge in [0.25, 0.3) is 0 Å². The average Bonchev–Trinajstić information content (AvgIpc) is 2.44. The Morgan fingerprint density at radius 2 is 1.42 bits per heavy atom. The second kappa shape index (κ2) is 4.69. The van der Waals surface area contributed by atoms with Gasteiger partial charge in [-0.2, -0.15) is 0 Å². The van der Waals surface area contributed by atoms with E-state index in [4.69, 9.17) is 4.74 Å². The van der Waals surface area contributed by atoms with Crippen LogP contribution >= 0.6 is 0 Å². The highest BCUT2D eigenvalue weighted by Crippen LogP contribution is 2.33. The summed E-state index contributed by atoms with van der Waals surface area (Å²) in [7, 11) is 0. The van der Waals surface area contributed by atoms with Crippen LogP contribution in [-0.4, -0.2) is 0 Å². The summed E-state index contributed by atoms with van der Waals surface area (Å²) in [5, 5.41) is 1.46. The van der Waals surface area contributed by atoms with Crippen LogP contribution in [0.25, 0.3) is 10.8 Å². The quantitative estimate of drug-likeness (QED) is 0.633. The zero-order chi connectivity index (χ0) is 13.2. The van der Waals surface area contributed by atoms with Crippen LogP contribution in [-0.2, 0) is 0 Å². The lowest BCUT2D eigenvalue weighted by molar-refractivity contribution is 0.419. The van der Waals surface area contributed by atoms with Gasteiger partial charge in [0.15, 0.2) is 23.1 Å². The molecule has 0 spiro atoms. The number of hydrogen-bond donors (Lipinski definition) is 0. The molecule has 0 amide bonds. The smallest absolute Gasteiger partial charge is 0.171 e. The van der Waals surface area contributed by atoms with Crippen LogP contribution in [0, 0.1) is 11.6 Å². The van der Waals surface area contributed by atoms with Crippen molar-refractivity contribution in [1.29, 1.82) is 0 Å². The molecule has 0 heterocycles. The van der Waals surface area contributed by atoms with Crippen LogP contribution in [0.3, 0.4) is 0 Å². The molecule has 0 aliphatic carbocycles. The maximum atomic E-state index is 13.9. The van der Waals surface area contributed by atoms with Gasteiger partial charge in [-0.15, -0.1) is 0 Å². The summed E-state index contributed by atoms with van der Waals surface area (Å²) < 4.78 is 32.9. The lowest BCUT2D eigenvalue weighted by atomic mass is 10.1. The Morgan fingerprint density at radius 3 is 2.26 bits per heavy atom. The maximum Gasteiger partial charge on any atom is 0.171 e. The van der Waals surface area contributed by atoms with E-state index in [9.17, 15) is 8.78 Å². The minimum atomic E-state index is -0.519. The molecule has 0 aromatic heterocycles. The summed E-state index contributed by atoms with van der Waals surface area (Å²) in [6.07, 6.45) is 0. The molecule has 94 valence electrons. The fraction of sp³-hybridized carbons (Fsp3) is 0. The minimum Gasteiger partial charge on any atom is -0.451 e. The van der Waals surface area contributed by atoms with E-state index in [0.717, 1.165) is 5.39 Å². The topological polar surface area (TPSA) is 9.23 Å². The molecule has 0 atom stereocenters. The van der Waals surface area contributed by atoms with E-state index in [1.807, 2.05) is 12.1 Å². The molecule has 0 aliphatic rings. The molecule has 0 saturated heterocycles. The van der Waals surface area contributed by atoms with Crippen LogP contribution in [0.15, 0.2) is 60.7 Å². The lowest BCUT2D eigenvalue weighted by Crippen LogP contribution is -1.92. The highest BCUT2D eigenvalue weighted by molar-refractivity contribution is 5.88. The van der Waals surface area contributed by atoms with Gasteiger partial charge in [0.05, 0.1) is 0 Å². The molecule has 3 heteroatoms. The van der Waals surface area contributed by atoms with Crippen LogP contribution in [0.1, 0.15) is 0 Å². The first-order chi connectivity index (χ1) is 9.25. The number of para-hydroxylation sites is 1. The monoisotopic (exact) mass is 256 g/mol. The molecule has 3 aromatic rings. The first-order valence-electron chi connectivity index (χ1n) is 5.85. The third-order valence-electron chi connectivity index (χ3n) is 2.88. The Balaban J connectivity index is 2.15. The Morgan fingerprint density at radius 1 is 0.684 bits per heavy atom. The van der Waals surface area contributed by atoms with E-state index in [2.05, 4.69) is 0 Å². The molecule has 19 heavy (non-hydrogen) atoms. The first kappa shape index (κ1) is 11.7. The summed E-state index contributed by atoms with van der Waals surface area (Å²) in [6, 6.07) is 16.2. The summed E-state index contributed by atoms with van der Waals surface area (Å²) in [5.41, 5.74) is 0. The second-order valence-electron chi connectivity index (χ2n) is 4.13. The van der Waals surface area contributed by atoms with Crippen molar-refractivity contribution in [3.05, 3.63) is 72.3 Å². The average molecular weight is 256 g/mol. The van der Waals surface area contributed by atoms with Gasteiger partial charge in [-0.1, -0.05) is 42.5 Å². The predicted octanol–water partition coefficient (Wildman–Crippen LogP) is 4.91. The van der Waals surface area contributed by atoms with E-state index >= 15 is 0 Å². The molecule has 0 saturated carbocycles. The summed E-state index contributed by atoms with van der Waals surface area (Å²) in [6.45, 7) is 0. The highest BCUT2D eigenvalue weighted by Gasteiger charge is 2.11. The van der Waals surface area contributed by atoms with E-state index in [-0.39, 0.29) is 11.5 Å². The maximum absolute atomic E-state index is 13.9. The first-order valence-corrected chi connectivity index (χ1v) is 5.85. The number of halogens is 2. The third-order valence-corrected chi connectivity index (χ3v) is 2.88. The zero-order valence-electron chi connectivity index (χ0n) is 9.94. The highest BCUT2D eigenvalue weighted by atomic mass is 19.1. The SMILES string of the molecule is Fc1ccccc1Oc1c(F)ccc2ccccc12. The molecule has 1 nitrogen and oxygen atoms in total. The lowest BCUT2D eigenvalue weighted by Gasteiger charge is -2.10. The molecule has 0 N–H and O–H groups in total. The Hall–Kier alpha value is -2.42. The van der Waals surface area contributed by atoms with E-state index in [0.29, 0.717) is 5.39 Å². The molecule has 0 aliphatic heterocycles. The van der Waals surface area contributed by atoms with Gasteiger partial charge in [0, 0.05) is 5.39 Å². The van der Waals surface area contributed by atoms with Gasteiger partial charge in [-0.05, 0) is 23.6 Å². The second-order valence-corrected chi connectivity index (χ2v) is 4.13. The Bertz CT molecular complexity index is 738. The summed E-state index contributed by atoms with van der Waals surface area (Å²) >= 11 is 0. The number of ether oxygens (including phenoxy) is 1. The van der Waals surface area contributed by atoms with Gasteiger partial charge in [0.1, 0.15) is 0 Å². The third kappa shape index (κ3) is 2.15. The van der Waals surface area contributed by atoms with Crippen molar-refractivity contribution < 1.29 is 13.5 Å². The van der Waals surface area contributed by atoms with Crippen molar-refractivity contribution in [2.24, 2.45) is 0 Å². The summed E-state index contributed by atoms with van der Waals surface area (Å²) in [5.74, 6) is -0.974. The summed E-state index contributed by atoms with van der Waals surface area (Å²) in [4.78, 5) is 0. The Kier molecular flexibility index (Phi) is 2.88. The van der Waals surface area contributed by atoms with Crippen molar-refractivity contribution in [2.45, 2.75) is 0 Å². The zero-order valence-corrected chi connectivity index (χ0v) is 9.94. The molecule has 3 rings (SSSR count). The fourth-order valence-electron chi connectivity index (χ4n) is 1.96. The van der Waals surface area contributed by atoms with Gasteiger partial charge in [-0.3, -0.25) is 0 Å². The minimum absolute atomic E-state index is 0.0118. The van der Waals surface area contributed by atoms with Crippen LogP contribution in [0.4, 0.5) is 8.78 Å². The van der Waals surface area contributed by atoms with Crippen LogP contribution in [0.5, 0.6) is 11.5 Å². The van der Waals surface area contributed by atoms with E-state index < -0.39 is 11.6 Å². The molecule has 0 radical (unpaired) electrons. The van der Waals surface area contributed by atoms with Crippen molar-refractivity contribution >= 4 is 10.8 Å². The van der Waals surface area contributed by atoms with Gasteiger partial charge in [0.2, 0.25) is 0 Å². The largest absolute Gasteiger partial charge is 0.451 e. The molecule has 0 unspecified atom stereocenters. The van der Waals surface area contributed by atoms with Crippen molar-refractivity contribution in [2.75, 3.05) is 0 Å². The van der Waals surface area contributed by atoms with Gasteiger partial charge >= 0.3 is 0 Å². The molecule has 3 aromatic carbocycles. The molecule has 0 fully saturated rings. The van der Waals surface area contributed by atoms with Gasteiger partial charge in [-0.25, -0.2) is 8.78 Å². The van der Waals surface area contributed by atoms with Crippen LogP contribution in [0.2, 0.25) is 0 Å². The van der Waals surface area contributed by atoms with E-state index in [1.54, 1.807) is 30.3 Å². The van der Waals surface area contributed by atoms with E-state index in [1.165, 1.54) is 18.2 Å². The predicted molar refractivity (Wildman–Crippen MR) is 70.4 cm³/mol. The number of benzene rings is 3. The van der Waals surface area contributed by atoms with Gasteiger partial charge < -0.3 is 4.74 Å². The van der Waals surface area contributed by atoms with Crippen LogP contribution < -0.4 is 4.74 Å². The molecule has 0 bridgehead atoms. The number of fused-ring (bicyclic) bond motifs is 1. The Labute approximate surface area is 109 Å². The van der Waals surface area contributed by atoms with Crippen molar-refractivity contribution in [3.63, 3.8) is 0 Å². The normalized spacial score (nSPS) is 10.6. The standard InChI is InChI=1S/C16H10F2O/c17-13-7-3-4-8-15(13)19-16-12-6-2-1-5-11(12)9-10-14(16)18/h1-10H. The van der Waals surface area contributed by atoms with Crippen molar-refractivity contribution in [1.82, 2.24) is 0 Å².